The van der Waals surface area contributed by atoms with Crippen molar-refractivity contribution < 1.29 is 14.7 Å². The number of amides is 2. The normalized spacial score (nSPS) is 19.8. The molecule has 0 unspecified atom stereocenters. The van der Waals surface area contributed by atoms with Crippen LogP contribution in [0.25, 0.3) is 11.3 Å². The Morgan fingerprint density at radius 2 is 1.72 bits per heavy atom. The summed E-state index contributed by atoms with van der Waals surface area (Å²) >= 11 is 0. The van der Waals surface area contributed by atoms with Crippen LogP contribution in [0.3, 0.4) is 0 Å². The fourth-order valence-corrected chi connectivity index (χ4v) is 3.16. The van der Waals surface area contributed by atoms with Gasteiger partial charge in [0, 0.05) is 17.8 Å². The largest absolute Gasteiger partial charge is 0.481 e. The van der Waals surface area contributed by atoms with E-state index in [4.69, 9.17) is 5.11 Å². The minimum atomic E-state index is -0.745. The Morgan fingerprint density at radius 3 is 2.40 bits per heavy atom. The van der Waals surface area contributed by atoms with Gasteiger partial charge in [0.25, 0.3) is 0 Å². The van der Waals surface area contributed by atoms with E-state index in [9.17, 15) is 9.59 Å². The second kappa shape index (κ2) is 7.79. The molecular formula is C19H21N3O3. The summed E-state index contributed by atoms with van der Waals surface area (Å²) in [5.74, 6) is -1.03. The van der Waals surface area contributed by atoms with E-state index in [2.05, 4.69) is 15.6 Å². The minimum absolute atomic E-state index is 0.00690. The van der Waals surface area contributed by atoms with Crippen molar-refractivity contribution >= 4 is 17.7 Å². The van der Waals surface area contributed by atoms with Gasteiger partial charge in [-0.1, -0.05) is 30.3 Å². The third-order valence-electron chi connectivity index (χ3n) is 4.51. The van der Waals surface area contributed by atoms with E-state index in [1.165, 1.54) is 0 Å². The molecule has 1 aliphatic rings. The number of hydrogen-bond acceptors (Lipinski definition) is 3. The zero-order valence-electron chi connectivity index (χ0n) is 13.8. The number of carboxylic acid groups (broad SMARTS) is 1. The van der Waals surface area contributed by atoms with Crippen molar-refractivity contribution in [2.45, 2.75) is 31.7 Å². The molecule has 0 bridgehead atoms. The predicted octanol–water partition coefficient (Wildman–Crippen LogP) is 3.51. The average molecular weight is 339 g/mol. The van der Waals surface area contributed by atoms with E-state index in [1.54, 1.807) is 12.3 Å². The van der Waals surface area contributed by atoms with Crippen LogP contribution in [0, 0.1) is 5.92 Å². The molecule has 0 radical (unpaired) electrons. The number of rotatable bonds is 4. The lowest BCUT2D eigenvalue weighted by molar-refractivity contribution is -0.142. The van der Waals surface area contributed by atoms with Crippen LogP contribution in [0.2, 0.25) is 0 Å². The van der Waals surface area contributed by atoms with Gasteiger partial charge in [0.1, 0.15) is 0 Å². The molecule has 6 nitrogen and oxygen atoms in total. The number of carbonyl (C=O) groups excluding carboxylic acids is 1. The molecule has 0 spiro atoms. The van der Waals surface area contributed by atoms with Crippen LogP contribution in [0.4, 0.5) is 10.5 Å². The molecule has 1 aliphatic carbocycles. The predicted molar refractivity (Wildman–Crippen MR) is 95.2 cm³/mol. The molecule has 1 heterocycles. The van der Waals surface area contributed by atoms with Crippen LogP contribution >= 0.6 is 0 Å². The lowest BCUT2D eigenvalue weighted by Gasteiger charge is -2.27. The first-order valence-electron chi connectivity index (χ1n) is 8.44. The van der Waals surface area contributed by atoms with Crippen LogP contribution in [0.1, 0.15) is 25.7 Å². The number of nitrogens with zero attached hydrogens (tertiary/aromatic N) is 1. The number of carboxylic acids is 1. The van der Waals surface area contributed by atoms with Crippen molar-refractivity contribution in [1.82, 2.24) is 10.3 Å². The van der Waals surface area contributed by atoms with Gasteiger partial charge in [-0.05, 0) is 37.8 Å². The first-order valence-corrected chi connectivity index (χ1v) is 8.44. The smallest absolute Gasteiger partial charge is 0.319 e. The van der Waals surface area contributed by atoms with Crippen molar-refractivity contribution in [3.8, 4) is 11.3 Å². The van der Waals surface area contributed by atoms with Crippen LogP contribution in [-0.4, -0.2) is 28.1 Å². The fraction of sp³-hybridized carbons (Fsp3) is 0.316. The number of aliphatic carboxylic acids is 1. The number of hydrogen-bond donors (Lipinski definition) is 3. The molecule has 2 aromatic rings. The molecule has 25 heavy (non-hydrogen) atoms. The fourth-order valence-electron chi connectivity index (χ4n) is 3.16. The summed E-state index contributed by atoms with van der Waals surface area (Å²) in [6.07, 6.45) is 4.26. The molecule has 0 atom stereocenters. The van der Waals surface area contributed by atoms with Gasteiger partial charge in [-0.25, -0.2) is 4.79 Å². The zero-order valence-corrected chi connectivity index (χ0v) is 13.8. The van der Waals surface area contributed by atoms with Gasteiger partial charge in [0.05, 0.1) is 17.3 Å². The first-order chi connectivity index (χ1) is 12.1. The second-order valence-corrected chi connectivity index (χ2v) is 6.25. The van der Waals surface area contributed by atoms with E-state index in [-0.39, 0.29) is 18.0 Å². The number of aromatic nitrogens is 1. The van der Waals surface area contributed by atoms with E-state index < -0.39 is 5.97 Å². The summed E-state index contributed by atoms with van der Waals surface area (Å²) in [4.78, 5) is 27.7. The number of pyridine rings is 1. The van der Waals surface area contributed by atoms with E-state index in [0.29, 0.717) is 37.1 Å². The molecule has 0 saturated heterocycles. The molecule has 130 valence electrons. The number of nitrogens with one attached hydrogen (secondary N) is 2. The molecular weight excluding hydrogens is 318 g/mol. The molecule has 6 heteroatoms. The summed E-state index contributed by atoms with van der Waals surface area (Å²) < 4.78 is 0. The molecule has 1 saturated carbocycles. The van der Waals surface area contributed by atoms with Crippen molar-refractivity contribution in [3.05, 3.63) is 48.7 Å². The van der Waals surface area contributed by atoms with Crippen molar-refractivity contribution in [3.63, 3.8) is 0 Å². The second-order valence-electron chi connectivity index (χ2n) is 6.25. The van der Waals surface area contributed by atoms with Crippen LogP contribution in [0.5, 0.6) is 0 Å². The van der Waals surface area contributed by atoms with E-state index in [1.807, 2.05) is 36.4 Å². The molecule has 1 aromatic carbocycles. The van der Waals surface area contributed by atoms with Gasteiger partial charge in [-0.3, -0.25) is 9.78 Å². The maximum atomic E-state index is 12.3. The summed E-state index contributed by atoms with van der Waals surface area (Å²) in [6, 6.07) is 13.0. The SMILES string of the molecule is O=C(Nc1cccnc1-c1ccccc1)NC1CCC(C(=O)O)CC1. The number of benzene rings is 1. The van der Waals surface area contributed by atoms with Gasteiger partial charge in [0.15, 0.2) is 0 Å². The van der Waals surface area contributed by atoms with Gasteiger partial charge >= 0.3 is 12.0 Å². The Morgan fingerprint density at radius 1 is 1.00 bits per heavy atom. The average Bonchev–Trinajstić information content (AvgIpc) is 2.63. The molecule has 2 amide bonds. The molecule has 3 N–H and O–H groups in total. The van der Waals surface area contributed by atoms with Crippen LogP contribution < -0.4 is 10.6 Å². The lowest BCUT2D eigenvalue weighted by Crippen LogP contribution is -2.41. The molecule has 1 fully saturated rings. The third kappa shape index (κ3) is 4.35. The van der Waals surface area contributed by atoms with Gasteiger partial charge < -0.3 is 15.7 Å². The maximum absolute atomic E-state index is 12.3. The van der Waals surface area contributed by atoms with Gasteiger partial charge in [-0.15, -0.1) is 0 Å². The number of carbonyl (C=O) groups is 2. The van der Waals surface area contributed by atoms with E-state index in [0.717, 1.165) is 5.56 Å². The number of urea groups is 1. The quantitative estimate of drug-likeness (QED) is 0.795. The van der Waals surface area contributed by atoms with Gasteiger partial charge in [0.2, 0.25) is 0 Å². The molecule has 3 rings (SSSR count). The summed E-state index contributed by atoms with van der Waals surface area (Å²) in [5.41, 5.74) is 2.29. The zero-order chi connectivity index (χ0) is 17.6. The maximum Gasteiger partial charge on any atom is 0.319 e. The Balaban J connectivity index is 1.62. The van der Waals surface area contributed by atoms with Crippen LogP contribution in [-0.2, 0) is 4.79 Å². The highest BCUT2D eigenvalue weighted by Crippen LogP contribution is 2.26. The van der Waals surface area contributed by atoms with E-state index >= 15 is 0 Å². The molecule has 1 aromatic heterocycles. The topological polar surface area (TPSA) is 91.3 Å². The van der Waals surface area contributed by atoms with Crippen LogP contribution in [0.15, 0.2) is 48.7 Å². The van der Waals surface area contributed by atoms with Crippen molar-refractivity contribution in [1.29, 1.82) is 0 Å². The molecule has 0 aliphatic heterocycles. The highest BCUT2D eigenvalue weighted by atomic mass is 16.4. The Hall–Kier alpha value is -2.89. The van der Waals surface area contributed by atoms with Gasteiger partial charge in [-0.2, -0.15) is 0 Å². The van der Waals surface area contributed by atoms with Crippen molar-refractivity contribution in [2.24, 2.45) is 5.92 Å². The monoisotopic (exact) mass is 339 g/mol. The standard InChI is InChI=1S/C19H21N3O3/c23-18(24)14-8-10-15(11-9-14)21-19(25)22-16-7-4-12-20-17(16)13-5-2-1-3-6-13/h1-7,12,14-15H,8-11H2,(H,23,24)(H2,21,22,25). The minimum Gasteiger partial charge on any atom is -0.481 e. The highest BCUT2D eigenvalue weighted by molar-refractivity contribution is 5.93. The summed E-state index contributed by atoms with van der Waals surface area (Å²) in [7, 11) is 0. The van der Waals surface area contributed by atoms with Crippen molar-refractivity contribution in [2.75, 3.05) is 5.32 Å². The Bertz CT molecular complexity index is 741. The Kier molecular flexibility index (Phi) is 5.28. The highest BCUT2D eigenvalue weighted by Gasteiger charge is 2.26. The summed E-state index contributed by atoms with van der Waals surface area (Å²) in [5, 5.41) is 14.8. The Labute approximate surface area is 146 Å². The third-order valence-corrected chi connectivity index (χ3v) is 4.51. The summed E-state index contributed by atoms with van der Waals surface area (Å²) in [6.45, 7) is 0. The lowest BCUT2D eigenvalue weighted by atomic mass is 9.86. The number of anilines is 1. The first kappa shape index (κ1) is 17.0.